The van der Waals surface area contributed by atoms with Gasteiger partial charge in [0.2, 0.25) is 0 Å². The lowest BCUT2D eigenvalue weighted by molar-refractivity contribution is 0.330. The summed E-state index contributed by atoms with van der Waals surface area (Å²) in [5, 5.41) is 0. The van der Waals surface area contributed by atoms with E-state index in [1.165, 1.54) is 11.8 Å². The van der Waals surface area contributed by atoms with Crippen LogP contribution in [0, 0.1) is 0 Å². The van der Waals surface area contributed by atoms with Crippen LogP contribution < -0.4 is 4.74 Å². The second-order valence-electron chi connectivity index (χ2n) is 3.73. The number of halogens is 1. The summed E-state index contributed by atoms with van der Waals surface area (Å²) in [7, 11) is 0. The molecule has 0 amide bonds. The van der Waals surface area contributed by atoms with E-state index in [2.05, 4.69) is 11.9 Å². The Morgan fingerprint density at radius 2 is 2.06 bits per heavy atom. The van der Waals surface area contributed by atoms with E-state index < -0.39 is 0 Å². The summed E-state index contributed by atoms with van der Waals surface area (Å²) in [5.41, 5.74) is 1.97. The molecular weight excluding hydrogens is 238 g/mol. The predicted octanol–water partition coefficient (Wildman–Crippen LogP) is 4.16. The average Bonchev–Trinajstić information content (AvgIpc) is 2.80. The average molecular weight is 252 g/mol. The van der Waals surface area contributed by atoms with Crippen molar-refractivity contribution in [3.05, 3.63) is 41.8 Å². The van der Waals surface area contributed by atoms with Gasteiger partial charge in [0.15, 0.2) is 0 Å². The van der Waals surface area contributed by atoms with Gasteiger partial charge >= 0.3 is 6.08 Å². The molecular formula is C13H14ClNO2. The number of rotatable bonds is 5. The van der Waals surface area contributed by atoms with E-state index in [9.17, 15) is 0 Å². The maximum atomic E-state index is 5.62. The summed E-state index contributed by atoms with van der Waals surface area (Å²) in [6, 6.07) is 7.92. The lowest BCUT2D eigenvalue weighted by Crippen LogP contribution is -1.87. The smallest absolute Gasteiger partial charge is 0.399 e. The van der Waals surface area contributed by atoms with Crippen molar-refractivity contribution in [3.8, 4) is 11.8 Å². The molecule has 1 aromatic carbocycles. The molecule has 0 N–H and O–H groups in total. The zero-order valence-electron chi connectivity index (χ0n) is 9.65. The number of hydrogen-bond donors (Lipinski definition) is 0. The minimum atomic E-state index is 0.226. The Morgan fingerprint density at radius 3 is 2.65 bits per heavy atom. The Balaban J connectivity index is 2.03. The molecule has 90 valence electrons. The molecule has 3 nitrogen and oxygen atoms in total. The number of nitrogens with zero attached hydrogens (tertiary/aromatic N) is 1. The Labute approximate surface area is 105 Å². The van der Waals surface area contributed by atoms with E-state index in [4.69, 9.17) is 20.8 Å². The summed E-state index contributed by atoms with van der Waals surface area (Å²) in [5.74, 6) is 1.04. The monoisotopic (exact) mass is 251 g/mol. The fraction of sp³-hybridized carbons (Fsp3) is 0.308. The van der Waals surface area contributed by atoms with Crippen LogP contribution in [0.25, 0.3) is 0 Å². The van der Waals surface area contributed by atoms with Crippen molar-refractivity contribution in [1.82, 2.24) is 4.98 Å². The fourth-order valence-electron chi connectivity index (χ4n) is 1.51. The first kappa shape index (κ1) is 12.0. The van der Waals surface area contributed by atoms with Crippen LogP contribution >= 0.6 is 11.6 Å². The van der Waals surface area contributed by atoms with Crippen molar-refractivity contribution < 1.29 is 9.15 Å². The topological polar surface area (TPSA) is 35.3 Å². The molecule has 0 atom stereocenters. The maximum absolute atomic E-state index is 5.62. The van der Waals surface area contributed by atoms with Gasteiger partial charge in [0.1, 0.15) is 12.0 Å². The van der Waals surface area contributed by atoms with Gasteiger partial charge in [-0.1, -0.05) is 25.5 Å². The number of hydrogen-bond acceptors (Lipinski definition) is 3. The van der Waals surface area contributed by atoms with Gasteiger partial charge in [0.05, 0.1) is 11.6 Å². The standard InChI is InChI=1S/C13H14ClNO2/c1-2-3-10-4-6-12(7-5-10)17-13-15-11(8-14)9-16-13/h4-7,9H,2-3,8H2,1H3. The van der Waals surface area contributed by atoms with Gasteiger partial charge in [-0.25, -0.2) is 0 Å². The first-order chi connectivity index (χ1) is 8.31. The molecule has 17 heavy (non-hydrogen) atoms. The third kappa shape index (κ3) is 3.24. The van der Waals surface area contributed by atoms with Crippen LogP contribution in [0.5, 0.6) is 11.8 Å². The molecule has 2 aromatic rings. The van der Waals surface area contributed by atoms with E-state index in [1.807, 2.05) is 24.3 Å². The second kappa shape index (κ2) is 5.73. The van der Waals surface area contributed by atoms with Crippen molar-refractivity contribution in [1.29, 1.82) is 0 Å². The van der Waals surface area contributed by atoms with Gasteiger partial charge in [0, 0.05) is 0 Å². The molecule has 1 heterocycles. The van der Waals surface area contributed by atoms with Gasteiger partial charge in [-0.05, 0) is 24.1 Å². The Bertz CT molecular complexity index is 465. The van der Waals surface area contributed by atoms with Crippen LogP contribution in [0.2, 0.25) is 0 Å². The van der Waals surface area contributed by atoms with E-state index >= 15 is 0 Å². The summed E-state index contributed by atoms with van der Waals surface area (Å²) in [4.78, 5) is 4.06. The second-order valence-corrected chi connectivity index (χ2v) is 4.00. The van der Waals surface area contributed by atoms with Crippen molar-refractivity contribution in [3.63, 3.8) is 0 Å². The molecule has 0 radical (unpaired) electrons. The lowest BCUT2D eigenvalue weighted by Gasteiger charge is -2.02. The minimum absolute atomic E-state index is 0.226. The minimum Gasteiger partial charge on any atom is -0.417 e. The van der Waals surface area contributed by atoms with Crippen molar-refractivity contribution in [2.45, 2.75) is 25.6 Å². The highest BCUT2D eigenvalue weighted by atomic mass is 35.5. The van der Waals surface area contributed by atoms with Crippen molar-refractivity contribution >= 4 is 11.6 Å². The van der Waals surface area contributed by atoms with Crippen molar-refractivity contribution in [2.75, 3.05) is 0 Å². The normalized spacial score (nSPS) is 10.5. The zero-order chi connectivity index (χ0) is 12.1. The largest absolute Gasteiger partial charge is 0.417 e. The molecule has 0 spiro atoms. The van der Waals surface area contributed by atoms with E-state index in [-0.39, 0.29) is 6.08 Å². The van der Waals surface area contributed by atoms with Gasteiger partial charge < -0.3 is 9.15 Å². The number of aryl methyl sites for hydroxylation is 1. The number of oxazole rings is 1. The molecule has 0 bridgehead atoms. The summed E-state index contributed by atoms with van der Waals surface area (Å²) in [6.07, 6.45) is 3.94. The summed E-state index contributed by atoms with van der Waals surface area (Å²) < 4.78 is 10.6. The van der Waals surface area contributed by atoms with Crippen LogP contribution in [-0.4, -0.2) is 4.98 Å². The van der Waals surface area contributed by atoms with Crippen LogP contribution in [0.4, 0.5) is 0 Å². The SMILES string of the molecule is CCCc1ccc(Oc2nc(CCl)co2)cc1. The van der Waals surface area contributed by atoms with Gasteiger partial charge in [-0.3, -0.25) is 0 Å². The molecule has 4 heteroatoms. The quantitative estimate of drug-likeness (QED) is 0.749. The molecule has 0 saturated carbocycles. The highest BCUT2D eigenvalue weighted by Gasteiger charge is 2.05. The highest BCUT2D eigenvalue weighted by molar-refractivity contribution is 6.16. The third-order valence-electron chi connectivity index (χ3n) is 2.33. The number of benzene rings is 1. The maximum Gasteiger partial charge on any atom is 0.399 e. The number of alkyl halides is 1. The lowest BCUT2D eigenvalue weighted by atomic mass is 10.1. The predicted molar refractivity (Wildman–Crippen MR) is 66.6 cm³/mol. The molecule has 0 aliphatic heterocycles. The van der Waals surface area contributed by atoms with Crippen LogP contribution in [0.15, 0.2) is 34.9 Å². The van der Waals surface area contributed by atoms with Crippen LogP contribution in [0.3, 0.4) is 0 Å². The first-order valence-electron chi connectivity index (χ1n) is 5.59. The summed E-state index contributed by atoms with van der Waals surface area (Å²) >= 11 is 5.62. The van der Waals surface area contributed by atoms with E-state index in [1.54, 1.807) is 0 Å². The summed E-state index contributed by atoms with van der Waals surface area (Å²) in [6.45, 7) is 2.16. The Morgan fingerprint density at radius 1 is 1.29 bits per heavy atom. The van der Waals surface area contributed by atoms with Crippen LogP contribution in [-0.2, 0) is 12.3 Å². The van der Waals surface area contributed by atoms with Crippen molar-refractivity contribution in [2.24, 2.45) is 0 Å². The van der Waals surface area contributed by atoms with Gasteiger partial charge in [-0.15, -0.1) is 11.6 Å². The molecule has 0 saturated heterocycles. The van der Waals surface area contributed by atoms with Gasteiger partial charge in [-0.2, -0.15) is 4.98 Å². The van der Waals surface area contributed by atoms with E-state index in [0.29, 0.717) is 17.3 Å². The fourth-order valence-corrected chi connectivity index (χ4v) is 1.63. The Kier molecular flexibility index (Phi) is 4.04. The molecule has 1 aromatic heterocycles. The van der Waals surface area contributed by atoms with Gasteiger partial charge in [0.25, 0.3) is 0 Å². The molecule has 0 aliphatic rings. The number of ether oxygens (including phenoxy) is 1. The highest BCUT2D eigenvalue weighted by Crippen LogP contribution is 2.21. The molecule has 0 fully saturated rings. The third-order valence-corrected chi connectivity index (χ3v) is 2.61. The molecule has 2 rings (SSSR count). The Hall–Kier alpha value is -1.48. The first-order valence-corrected chi connectivity index (χ1v) is 6.12. The zero-order valence-corrected chi connectivity index (χ0v) is 10.4. The number of aromatic nitrogens is 1. The molecule has 0 unspecified atom stereocenters. The van der Waals surface area contributed by atoms with Crippen LogP contribution in [0.1, 0.15) is 24.6 Å². The van der Waals surface area contributed by atoms with E-state index in [0.717, 1.165) is 12.8 Å². The molecule has 0 aliphatic carbocycles.